The molecule has 0 fully saturated rings. The lowest BCUT2D eigenvalue weighted by atomic mass is 10.00. The first-order valence-corrected chi connectivity index (χ1v) is 4.39. The van der Waals surface area contributed by atoms with Crippen LogP contribution in [-0.2, 0) is 9.53 Å². The summed E-state index contributed by atoms with van der Waals surface area (Å²) < 4.78 is 4.66. The Morgan fingerprint density at radius 1 is 1.42 bits per heavy atom. The molecule has 0 aromatic carbocycles. The molecule has 0 aliphatic heterocycles. The number of carbonyl (C=O) groups excluding carboxylic acids is 1. The van der Waals surface area contributed by atoms with Crippen LogP contribution in [0.1, 0.15) is 33.6 Å². The molecule has 0 aliphatic carbocycles. The zero-order chi connectivity index (χ0) is 9.56. The summed E-state index contributed by atoms with van der Waals surface area (Å²) in [4.78, 5) is 11.1. The first kappa shape index (κ1) is 11.2. The van der Waals surface area contributed by atoms with Crippen molar-refractivity contribution in [3.8, 4) is 0 Å². The van der Waals surface area contributed by atoms with Gasteiger partial charge in [-0.2, -0.15) is 0 Å². The van der Waals surface area contributed by atoms with Crippen LogP contribution in [0.4, 0.5) is 0 Å². The van der Waals surface area contributed by atoms with Gasteiger partial charge in [-0.15, -0.1) is 0 Å². The minimum absolute atomic E-state index is 0.00889. The van der Waals surface area contributed by atoms with Crippen LogP contribution in [0.25, 0.3) is 0 Å². The van der Waals surface area contributed by atoms with Crippen molar-refractivity contribution in [1.82, 2.24) is 0 Å². The SMILES string of the molecule is C=COC(=O)C(C)CCC(C)C. The Bertz CT molecular complexity index is 150. The second-order valence-corrected chi connectivity index (χ2v) is 3.48. The lowest BCUT2D eigenvalue weighted by molar-refractivity contribution is -0.142. The Morgan fingerprint density at radius 2 is 2.00 bits per heavy atom. The first-order chi connectivity index (χ1) is 5.57. The number of hydrogen-bond acceptors (Lipinski definition) is 2. The predicted molar refractivity (Wildman–Crippen MR) is 49.5 cm³/mol. The van der Waals surface area contributed by atoms with E-state index in [4.69, 9.17) is 0 Å². The maximum Gasteiger partial charge on any atom is 0.313 e. The summed E-state index contributed by atoms with van der Waals surface area (Å²) in [7, 11) is 0. The zero-order valence-electron chi connectivity index (χ0n) is 8.17. The first-order valence-electron chi connectivity index (χ1n) is 4.39. The molecule has 0 saturated carbocycles. The van der Waals surface area contributed by atoms with Crippen molar-refractivity contribution in [3.63, 3.8) is 0 Å². The van der Waals surface area contributed by atoms with E-state index in [-0.39, 0.29) is 11.9 Å². The van der Waals surface area contributed by atoms with Gasteiger partial charge in [-0.25, -0.2) is 0 Å². The van der Waals surface area contributed by atoms with Gasteiger partial charge in [-0.1, -0.05) is 33.8 Å². The molecule has 0 saturated heterocycles. The molecule has 2 heteroatoms. The summed E-state index contributed by atoms with van der Waals surface area (Å²) in [5, 5.41) is 0. The third-order valence-electron chi connectivity index (χ3n) is 1.78. The van der Waals surface area contributed by atoms with E-state index in [2.05, 4.69) is 25.2 Å². The molecular formula is C10H18O2. The molecule has 1 atom stereocenters. The molecule has 1 unspecified atom stereocenters. The molecular weight excluding hydrogens is 152 g/mol. The summed E-state index contributed by atoms with van der Waals surface area (Å²) >= 11 is 0. The number of ether oxygens (including phenoxy) is 1. The second-order valence-electron chi connectivity index (χ2n) is 3.48. The van der Waals surface area contributed by atoms with Gasteiger partial charge in [0.2, 0.25) is 0 Å². The Kier molecular flexibility index (Phi) is 5.43. The van der Waals surface area contributed by atoms with E-state index in [0.29, 0.717) is 5.92 Å². The molecule has 0 heterocycles. The average Bonchev–Trinajstić information content (AvgIpc) is 2.00. The van der Waals surface area contributed by atoms with Crippen molar-refractivity contribution in [1.29, 1.82) is 0 Å². The van der Waals surface area contributed by atoms with Crippen molar-refractivity contribution in [2.75, 3.05) is 0 Å². The Labute approximate surface area is 74.6 Å². The molecule has 0 N–H and O–H groups in total. The molecule has 12 heavy (non-hydrogen) atoms. The molecule has 0 aromatic rings. The smallest absolute Gasteiger partial charge is 0.313 e. The minimum atomic E-state index is -0.175. The van der Waals surface area contributed by atoms with Crippen LogP contribution in [-0.4, -0.2) is 5.97 Å². The van der Waals surface area contributed by atoms with Crippen molar-refractivity contribution in [3.05, 3.63) is 12.8 Å². The Balaban J connectivity index is 3.63. The van der Waals surface area contributed by atoms with Crippen LogP contribution in [0.2, 0.25) is 0 Å². The molecule has 0 aromatic heterocycles. The van der Waals surface area contributed by atoms with Crippen LogP contribution in [0.5, 0.6) is 0 Å². The molecule has 0 bridgehead atoms. The van der Waals surface area contributed by atoms with Crippen LogP contribution < -0.4 is 0 Å². The normalized spacial score (nSPS) is 12.7. The molecule has 2 nitrogen and oxygen atoms in total. The summed E-state index contributed by atoms with van der Waals surface area (Å²) in [5.41, 5.74) is 0. The van der Waals surface area contributed by atoms with Gasteiger partial charge in [0.25, 0.3) is 0 Å². The zero-order valence-corrected chi connectivity index (χ0v) is 8.17. The monoisotopic (exact) mass is 170 g/mol. The fourth-order valence-electron chi connectivity index (χ4n) is 0.899. The fraction of sp³-hybridized carbons (Fsp3) is 0.700. The standard InChI is InChI=1S/C10H18O2/c1-5-12-10(11)9(4)7-6-8(2)3/h5,8-9H,1,6-7H2,2-4H3. The van der Waals surface area contributed by atoms with Crippen LogP contribution in [0, 0.1) is 11.8 Å². The van der Waals surface area contributed by atoms with Crippen molar-refractivity contribution < 1.29 is 9.53 Å². The summed E-state index contributed by atoms with van der Waals surface area (Å²) in [6.07, 6.45) is 3.14. The summed E-state index contributed by atoms with van der Waals surface area (Å²) in [6.45, 7) is 9.51. The van der Waals surface area contributed by atoms with E-state index < -0.39 is 0 Å². The largest absolute Gasteiger partial charge is 0.435 e. The highest BCUT2D eigenvalue weighted by Gasteiger charge is 2.13. The molecule has 0 rings (SSSR count). The second kappa shape index (κ2) is 5.81. The van der Waals surface area contributed by atoms with Gasteiger partial charge < -0.3 is 4.74 Å². The maximum atomic E-state index is 11.1. The van der Waals surface area contributed by atoms with Crippen LogP contribution in [0.15, 0.2) is 12.8 Å². The molecule has 0 spiro atoms. The fourth-order valence-corrected chi connectivity index (χ4v) is 0.899. The topological polar surface area (TPSA) is 26.3 Å². The van der Waals surface area contributed by atoms with Gasteiger partial charge in [-0.3, -0.25) is 4.79 Å². The number of esters is 1. The third-order valence-corrected chi connectivity index (χ3v) is 1.78. The van der Waals surface area contributed by atoms with E-state index >= 15 is 0 Å². The predicted octanol–water partition coefficient (Wildman–Crippen LogP) is 2.75. The molecule has 0 aliphatic rings. The maximum absolute atomic E-state index is 11.1. The van der Waals surface area contributed by atoms with Crippen LogP contribution >= 0.6 is 0 Å². The van der Waals surface area contributed by atoms with Gasteiger partial charge in [0.1, 0.15) is 0 Å². The molecule has 0 amide bonds. The number of hydrogen-bond donors (Lipinski definition) is 0. The van der Waals surface area contributed by atoms with Gasteiger partial charge in [0.05, 0.1) is 12.2 Å². The average molecular weight is 170 g/mol. The highest BCUT2D eigenvalue weighted by molar-refractivity contribution is 5.72. The Morgan fingerprint density at radius 3 is 2.42 bits per heavy atom. The van der Waals surface area contributed by atoms with Crippen LogP contribution in [0.3, 0.4) is 0 Å². The van der Waals surface area contributed by atoms with Gasteiger partial charge >= 0.3 is 5.97 Å². The quantitative estimate of drug-likeness (QED) is 0.468. The van der Waals surface area contributed by atoms with Gasteiger partial charge in [0.15, 0.2) is 0 Å². The minimum Gasteiger partial charge on any atom is -0.435 e. The van der Waals surface area contributed by atoms with Crippen molar-refractivity contribution in [2.45, 2.75) is 33.6 Å². The third kappa shape index (κ3) is 4.94. The van der Waals surface area contributed by atoms with Crippen molar-refractivity contribution >= 4 is 5.97 Å². The van der Waals surface area contributed by atoms with Crippen molar-refractivity contribution in [2.24, 2.45) is 11.8 Å². The number of carbonyl (C=O) groups is 1. The van der Waals surface area contributed by atoms with E-state index in [1.165, 1.54) is 6.26 Å². The summed E-state index contributed by atoms with van der Waals surface area (Å²) in [6, 6.07) is 0. The van der Waals surface area contributed by atoms with Gasteiger partial charge in [0, 0.05) is 0 Å². The van der Waals surface area contributed by atoms with E-state index in [1.807, 2.05) is 6.92 Å². The summed E-state index contributed by atoms with van der Waals surface area (Å²) in [5.74, 6) is 0.458. The lowest BCUT2D eigenvalue weighted by Crippen LogP contribution is -2.12. The number of rotatable bonds is 5. The van der Waals surface area contributed by atoms with E-state index in [9.17, 15) is 4.79 Å². The van der Waals surface area contributed by atoms with E-state index in [1.54, 1.807) is 0 Å². The lowest BCUT2D eigenvalue weighted by Gasteiger charge is -2.09. The highest BCUT2D eigenvalue weighted by atomic mass is 16.5. The molecule has 0 radical (unpaired) electrons. The highest BCUT2D eigenvalue weighted by Crippen LogP contribution is 2.12. The molecule has 70 valence electrons. The van der Waals surface area contributed by atoms with Gasteiger partial charge in [-0.05, 0) is 12.3 Å². The van der Waals surface area contributed by atoms with E-state index in [0.717, 1.165) is 12.8 Å². The Hall–Kier alpha value is -0.790.